The van der Waals surface area contributed by atoms with Gasteiger partial charge in [0.15, 0.2) is 18.9 Å². The van der Waals surface area contributed by atoms with E-state index in [1.54, 1.807) is 23.5 Å². The van der Waals surface area contributed by atoms with Crippen LogP contribution in [-0.2, 0) is 6.54 Å². The summed E-state index contributed by atoms with van der Waals surface area (Å²) < 4.78 is 17.3. The molecule has 0 amide bonds. The monoisotopic (exact) mass is 399 g/mol. The Morgan fingerprint density at radius 2 is 1.83 bits per heavy atom. The Hall–Kier alpha value is -2.11. The molecule has 2 aromatic heterocycles. The number of hydrogen-bond donors (Lipinski definition) is 0. The van der Waals surface area contributed by atoms with Gasteiger partial charge in [-0.25, -0.2) is 9.37 Å². The summed E-state index contributed by atoms with van der Waals surface area (Å²) in [5.74, 6) is -0.215. The van der Waals surface area contributed by atoms with E-state index in [1.807, 2.05) is 24.4 Å². The van der Waals surface area contributed by atoms with Crippen LogP contribution in [0.2, 0.25) is 0 Å². The van der Waals surface area contributed by atoms with E-state index in [2.05, 4.69) is 38.8 Å². The molecule has 0 atom stereocenters. The van der Waals surface area contributed by atoms with Crippen molar-refractivity contribution in [2.45, 2.75) is 6.54 Å². The van der Waals surface area contributed by atoms with E-state index >= 15 is 0 Å². The molecule has 2 nitrogen and oxygen atoms in total. The summed E-state index contributed by atoms with van der Waals surface area (Å²) in [7, 11) is 0. The standard InChI is InChI=1S/C19H13BrFN2S/c20-15-9-14(19-22-17-3-1-2-4-18(17)24-19)11-23(12-15)10-13-5-7-16(21)8-6-13/h1-9,11-12H,10H2/q+1. The molecule has 0 saturated heterocycles. The summed E-state index contributed by atoms with van der Waals surface area (Å²) in [6, 6.07) is 16.8. The van der Waals surface area contributed by atoms with E-state index in [1.165, 1.54) is 16.8 Å². The lowest BCUT2D eigenvalue weighted by molar-refractivity contribution is -0.688. The van der Waals surface area contributed by atoms with Crippen LogP contribution < -0.4 is 4.57 Å². The van der Waals surface area contributed by atoms with Gasteiger partial charge in [0.1, 0.15) is 10.8 Å². The third-order valence-corrected chi connectivity index (χ3v) is 5.23. The van der Waals surface area contributed by atoms with Gasteiger partial charge in [0.05, 0.1) is 20.3 Å². The van der Waals surface area contributed by atoms with Crippen molar-refractivity contribution in [1.82, 2.24) is 4.98 Å². The molecule has 4 rings (SSSR count). The minimum atomic E-state index is -0.215. The quantitative estimate of drug-likeness (QED) is 0.432. The van der Waals surface area contributed by atoms with Crippen molar-refractivity contribution in [2.24, 2.45) is 0 Å². The maximum atomic E-state index is 13.1. The van der Waals surface area contributed by atoms with E-state index in [0.717, 1.165) is 26.1 Å². The smallest absolute Gasteiger partial charge is 0.183 e. The molecule has 0 unspecified atom stereocenters. The van der Waals surface area contributed by atoms with E-state index in [-0.39, 0.29) is 5.82 Å². The molecule has 0 saturated carbocycles. The number of aromatic nitrogens is 2. The number of para-hydroxylation sites is 1. The molecule has 2 heterocycles. The Bertz CT molecular complexity index is 978. The molecular formula is C19H13BrFN2S+. The zero-order chi connectivity index (χ0) is 16.5. The number of thiazole rings is 1. The molecule has 118 valence electrons. The Kier molecular flexibility index (Phi) is 4.12. The molecule has 0 bridgehead atoms. The highest BCUT2D eigenvalue weighted by atomic mass is 79.9. The van der Waals surface area contributed by atoms with Gasteiger partial charge in [-0.2, -0.15) is 4.57 Å². The highest BCUT2D eigenvalue weighted by Crippen LogP contribution is 2.30. The number of rotatable bonds is 3. The molecule has 0 N–H and O–H groups in total. The van der Waals surface area contributed by atoms with Crippen LogP contribution in [-0.4, -0.2) is 4.98 Å². The molecular weight excluding hydrogens is 387 g/mol. The zero-order valence-electron chi connectivity index (χ0n) is 12.6. The Morgan fingerprint density at radius 1 is 1.04 bits per heavy atom. The first-order chi connectivity index (χ1) is 11.7. The fourth-order valence-corrected chi connectivity index (χ4v) is 4.06. The Morgan fingerprint density at radius 3 is 2.62 bits per heavy atom. The van der Waals surface area contributed by atoms with Crippen LogP contribution in [0.5, 0.6) is 0 Å². The number of pyridine rings is 1. The Balaban J connectivity index is 1.71. The van der Waals surface area contributed by atoms with Crippen molar-refractivity contribution >= 4 is 37.5 Å². The number of halogens is 2. The fourth-order valence-electron chi connectivity index (χ4n) is 2.60. The van der Waals surface area contributed by atoms with Crippen LogP contribution in [0, 0.1) is 5.82 Å². The predicted molar refractivity (Wildman–Crippen MR) is 98.5 cm³/mol. The fraction of sp³-hybridized carbons (Fsp3) is 0.0526. The van der Waals surface area contributed by atoms with E-state index in [4.69, 9.17) is 4.98 Å². The van der Waals surface area contributed by atoms with Crippen LogP contribution in [0.4, 0.5) is 4.39 Å². The van der Waals surface area contributed by atoms with Crippen molar-refractivity contribution in [3.8, 4) is 10.6 Å². The van der Waals surface area contributed by atoms with Crippen molar-refractivity contribution < 1.29 is 8.96 Å². The van der Waals surface area contributed by atoms with Gasteiger partial charge in [-0.05, 0) is 58.4 Å². The van der Waals surface area contributed by atoms with Gasteiger partial charge in [0.25, 0.3) is 0 Å². The number of nitrogens with zero attached hydrogens (tertiary/aromatic N) is 2. The zero-order valence-corrected chi connectivity index (χ0v) is 15.0. The van der Waals surface area contributed by atoms with Gasteiger partial charge >= 0.3 is 0 Å². The van der Waals surface area contributed by atoms with Crippen LogP contribution in [0.1, 0.15) is 5.56 Å². The number of benzene rings is 2. The van der Waals surface area contributed by atoms with Gasteiger partial charge in [-0.3, -0.25) is 0 Å². The average Bonchev–Trinajstić information content (AvgIpc) is 3.01. The first kappa shape index (κ1) is 15.4. The average molecular weight is 400 g/mol. The number of hydrogen-bond acceptors (Lipinski definition) is 2. The Labute approximate surface area is 151 Å². The first-order valence-electron chi connectivity index (χ1n) is 7.47. The second kappa shape index (κ2) is 6.42. The molecule has 2 aromatic carbocycles. The molecule has 0 aliphatic carbocycles. The minimum Gasteiger partial charge on any atom is -0.236 e. The normalized spacial score (nSPS) is 11.1. The van der Waals surface area contributed by atoms with Crippen molar-refractivity contribution in [3.63, 3.8) is 0 Å². The molecule has 5 heteroatoms. The second-order valence-electron chi connectivity index (χ2n) is 5.53. The van der Waals surface area contributed by atoms with Gasteiger partial charge in [-0.1, -0.05) is 12.1 Å². The lowest BCUT2D eigenvalue weighted by Gasteiger charge is -2.01. The molecule has 0 aliphatic heterocycles. The van der Waals surface area contributed by atoms with Crippen LogP contribution in [0.25, 0.3) is 20.8 Å². The lowest BCUT2D eigenvalue weighted by Crippen LogP contribution is -2.33. The van der Waals surface area contributed by atoms with Crippen molar-refractivity contribution in [2.75, 3.05) is 0 Å². The maximum absolute atomic E-state index is 13.1. The predicted octanol–water partition coefficient (Wildman–Crippen LogP) is 5.20. The molecule has 24 heavy (non-hydrogen) atoms. The third-order valence-electron chi connectivity index (χ3n) is 3.71. The van der Waals surface area contributed by atoms with E-state index < -0.39 is 0 Å². The van der Waals surface area contributed by atoms with Gasteiger partial charge in [0, 0.05) is 5.56 Å². The van der Waals surface area contributed by atoms with Crippen LogP contribution in [0.15, 0.2) is 71.5 Å². The summed E-state index contributed by atoms with van der Waals surface area (Å²) in [6.45, 7) is 0.678. The summed E-state index contributed by atoms with van der Waals surface area (Å²) in [5.41, 5.74) is 3.13. The molecule has 0 fully saturated rings. The minimum absolute atomic E-state index is 0.215. The topological polar surface area (TPSA) is 16.8 Å². The first-order valence-corrected chi connectivity index (χ1v) is 9.08. The molecule has 0 spiro atoms. The van der Waals surface area contributed by atoms with Gasteiger partial charge in [-0.15, -0.1) is 11.3 Å². The van der Waals surface area contributed by atoms with Crippen molar-refractivity contribution in [1.29, 1.82) is 0 Å². The summed E-state index contributed by atoms with van der Waals surface area (Å²) in [6.07, 6.45) is 4.09. The highest BCUT2D eigenvalue weighted by Gasteiger charge is 2.13. The van der Waals surface area contributed by atoms with E-state index in [9.17, 15) is 4.39 Å². The largest absolute Gasteiger partial charge is 0.236 e. The van der Waals surface area contributed by atoms with Crippen LogP contribution >= 0.6 is 27.3 Å². The van der Waals surface area contributed by atoms with E-state index in [0.29, 0.717) is 6.54 Å². The molecule has 4 aromatic rings. The summed E-state index contributed by atoms with van der Waals surface area (Å²) in [4.78, 5) is 4.72. The molecule has 0 radical (unpaired) electrons. The summed E-state index contributed by atoms with van der Waals surface area (Å²) in [5, 5.41) is 0.991. The second-order valence-corrected chi connectivity index (χ2v) is 7.47. The van der Waals surface area contributed by atoms with Crippen molar-refractivity contribution in [3.05, 3.63) is 82.8 Å². The van der Waals surface area contributed by atoms with Gasteiger partial charge in [0.2, 0.25) is 0 Å². The number of fused-ring (bicyclic) bond motifs is 1. The highest BCUT2D eigenvalue weighted by molar-refractivity contribution is 9.10. The van der Waals surface area contributed by atoms with Crippen LogP contribution in [0.3, 0.4) is 0 Å². The van der Waals surface area contributed by atoms with Gasteiger partial charge < -0.3 is 0 Å². The third kappa shape index (κ3) is 3.23. The maximum Gasteiger partial charge on any atom is 0.183 e. The SMILES string of the molecule is Fc1ccc(C[n+]2cc(Br)cc(-c3nc4ccccc4s3)c2)cc1. The summed E-state index contributed by atoms with van der Waals surface area (Å²) >= 11 is 5.26. The lowest BCUT2D eigenvalue weighted by atomic mass is 10.2. The molecule has 0 aliphatic rings.